The number of aryl methyl sites for hydroxylation is 1. The van der Waals surface area contributed by atoms with Gasteiger partial charge >= 0.3 is 0 Å². The molecule has 0 aliphatic carbocycles. The van der Waals surface area contributed by atoms with E-state index in [-0.39, 0.29) is 0 Å². The summed E-state index contributed by atoms with van der Waals surface area (Å²) >= 11 is 6.03. The molecule has 0 saturated heterocycles. The lowest BCUT2D eigenvalue weighted by molar-refractivity contribution is 0.208. The number of benzene rings is 1. The zero-order valence-corrected chi connectivity index (χ0v) is 10.9. The summed E-state index contributed by atoms with van der Waals surface area (Å²) in [6.45, 7) is 2.59. The van der Waals surface area contributed by atoms with Crippen LogP contribution >= 0.6 is 11.6 Å². The van der Waals surface area contributed by atoms with Crippen LogP contribution in [0.2, 0.25) is 5.02 Å². The lowest BCUT2D eigenvalue weighted by Crippen LogP contribution is -2.09. The fourth-order valence-corrected chi connectivity index (χ4v) is 2.01. The van der Waals surface area contributed by atoms with Gasteiger partial charge in [-0.2, -0.15) is 0 Å². The Morgan fingerprint density at radius 1 is 1.50 bits per heavy atom. The second-order valence-corrected chi connectivity index (χ2v) is 4.18. The molecule has 18 heavy (non-hydrogen) atoms. The first-order valence-electron chi connectivity index (χ1n) is 5.57. The second kappa shape index (κ2) is 5.37. The van der Waals surface area contributed by atoms with Gasteiger partial charge in [0.2, 0.25) is 0 Å². The third-order valence-corrected chi connectivity index (χ3v) is 3.01. The Kier molecular flexibility index (Phi) is 3.84. The van der Waals surface area contributed by atoms with Crippen LogP contribution in [0.25, 0.3) is 0 Å². The van der Waals surface area contributed by atoms with E-state index < -0.39 is 6.10 Å². The van der Waals surface area contributed by atoms with E-state index in [1.807, 2.05) is 6.92 Å². The van der Waals surface area contributed by atoms with Crippen molar-refractivity contribution in [1.29, 1.82) is 0 Å². The fourth-order valence-electron chi connectivity index (χ4n) is 1.75. The largest absolute Gasteiger partial charge is 0.495 e. The molecule has 0 amide bonds. The van der Waals surface area contributed by atoms with Crippen molar-refractivity contribution in [2.24, 2.45) is 0 Å². The highest BCUT2D eigenvalue weighted by Gasteiger charge is 2.17. The minimum Gasteiger partial charge on any atom is -0.495 e. The van der Waals surface area contributed by atoms with E-state index in [1.165, 1.54) is 0 Å². The number of nitrogens with zero attached hydrogens (tertiary/aromatic N) is 3. The maximum atomic E-state index is 10.3. The number of aromatic nitrogens is 3. The number of halogens is 1. The third kappa shape index (κ3) is 2.32. The lowest BCUT2D eigenvalue weighted by Gasteiger charge is -2.13. The van der Waals surface area contributed by atoms with Crippen LogP contribution in [0.5, 0.6) is 5.75 Å². The smallest absolute Gasteiger partial charge is 0.137 e. The average molecular weight is 268 g/mol. The topological polar surface area (TPSA) is 60.2 Å². The van der Waals surface area contributed by atoms with E-state index in [0.29, 0.717) is 28.6 Å². The molecule has 96 valence electrons. The predicted octanol–water partition coefficient (Wildman–Crippen LogP) is 2.04. The summed E-state index contributed by atoms with van der Waals surface area (Å²) in [5, 5.41) is 18.4. The van der Waals surface area contributed by atoms with Crippen LogP contribution < -0.4 is 4.74 Å². The first-order valence-corrected chi connectivity index (χ1v) is 5.95. The molecule has 6 heteroatoms. The number of hydrogen-bond donors (Lipinski definition) is 1. The van der Waals surface area contributed by atoms with Gasteiger partial charge in [-0.3, -0.25) is 0 Å². The number of methoxy groups -OCH3 is 1. The maximum Gasteiger partial charge on any atom is 0.137 e. The van der Waals surface area contributed by atoms with Gasteiger partial charge < -0.3 is 9.84 Å². The van der Waals surface area contributed by atoms with Gasteiger partial charge in [-0.15, -0.1) is 5.10 Å². The van der Waals surface area contributed by atoms with Crippen molar-refractivity contribution in [3.05, 3.63) is 40.7 Å². The molecule has 0 radical (unpaired) electrons. The predicted molar refractivity (Wildman–Crippen MR) is 67.8 cm³/mol. The highest BCUT2D eigenvalue weighted by molar-refractivity contribution is 6.32. The molecule has 1 atom stereocenters. The molecule has 1 N–H and O–H groups in total. The standard InChI is InChI=1S/C12H14ClN3O2/c1-3-16-10(7-14-15-16)12(17)8-4-5-11(18-2)9(13)6-8/h4-7,12,17H,3H2,1-2H3. The number of ether oxygens (including phenoxy) is 1. The van der Waals surface area contributed by atoms with Gasteiger partial charge in [-0.05, 0) is 24.6 Å². The molecule has 0 saturated carbocycles. The molecule has 1 aromatic carbocycles. The summed E-state index contributed by atoms with van der Waals surface area (Å²) in [5.41, 5.74) is 1.32. The van der Waals surface area contributed by atoms with Crippen molar-refractivity contribution in [3.8, 4) is 5.75 Å². The van der Waals surface area contributed by atoms with E-state index in [1.54, 1.807) is 36.2 Å². The summed E-state index contributed by atoms with van der Waals surface area (Å²) in [5.74, 6) is 0.578. The van der Waals surface area contributed by atoms with Crippen molar-refractivity contribution < 1.29 is 9.84 Å². The van der Waals surface area contributed by atoms with Gasteiger partial charge in [-0.25, -0.2) is 4.68 Å². The minimum atomic E-state index is -0.802. The quantitative estimate of drug-likeness (QED) is 0.921. The molecule has 1 unspecified atom stereocenters. The highest BCUT2D eigenvalue weighted by atomic mass is 35.5. The summed E-state index contributed by atoms with van der Waals surface area (Å²) < 4.78 is 6.71. The number of aliphatic hydroxyl groups excluding tert-OH is 1. The van der Waals surface area contributed by atoms with E-state index in [2.05, 4.69) is 10.3 Å². The van der Waals surface area contributed by atoms with E-state index in [9.17, 15) is 5.11 Å². The van der Waals surface area contributed by atoms with E-state index >= 15 is 0 Å². The van der Waals surface area contributed by atoms with Crippen LogP contribution in [0.15, 0.2) is 24.4 Å². The normalized spacial score (nSPS) is 12.4. The Morgan fingerprint density at radius 2 is 2.28 bits per heavy atom. The molecule has 1 aromatic heterocycles. The van der Waals surface area contributed by atoms with Gasteiger partial charge in [0.1, 0.15) is 11.9 Å². The molecule has 0 bridgehead atoms. The summed E-state index contributed by atoms with van der Waals surface area (Å²) in [7, 11) is 1.55. The number of rotatable bonds is 4. The van der Waals surface area contributed by atoms with Crippen LogP contribution in [0.1, 0.15) is 24.3 Å². The monoisotopic (exact) mass is 267 g/mol. The Bertz CT molecular complexity index is 542. The molecule has 5 nitrogen and oxygen atoms in total. The SMILES string of the molecule is CCn1nncc1C(O)c1ccc(OC)c(Cl)c1. The van der Waals surface area contributed by atoms with Crippen molar-refractivity contribution in [1.82, 2.24) is 15.0 Å². The van der Waals surface area contributed by atoms with Crippen molar-refractivity contribution in [2.45, 2.75) is 19.6 Å². The Labute approximate surface area is 110 Å². The minimum absolute atomic E-state index is 0.463. The van der Waals surface area contributed by atoms with Crippen LogP contribution in [0, 0.1) is 0 Å². The summed E-state index contributed by atoms with van der Waals surface area (Å²) in [4.78, 5) is 0. The van der Waals surface area contributed by atoms with Crippen LogP contribution in [0.4, 0.5) is 0 Å². The summed E-state index contributed by atoms with van der Waals surface area (Å²) in [6.07, 6.45) is 0.745. The highest BCUT2D eigenvalue weighted by Crippen LogP contribution is 2.29. The van der Waals surface area contributed by atoms with Gasteiger partial charge in [0.25, 0.3) is 0 Å². The maximum absolute atomic E-state index is 10.3. The molecule has 0 fully saturated rings. The third-order valence-electron chi connectivity index (χ3n) is 2.72. The summed E-state index contributed by atoms with van der Waals surface area (Å²) in [6, 6.07) is 5.17. The molecule has 2 rings (SSSR count). The first kappa shape index (κ1) is 12.9. The Balaban J connectivity index is 2.34. The number of aliphatic hydroxyl groups is 1. The fraction of sp³-hybridized carbons (Fsp3) is 0.333. The van der Waals surface area contributed by atoms with Gasteiger partial charge in [0, 0.05) is 6.54 Å². The van der Waals surface area contributed by atoms with Crippen LogP contribution in [-0.4, -0.2) is 27.2 Å². The van der Waals surface area contributed by atoms with Crippen molar-refractivity contribution in [2.75, 3.05) is 7.11 Å². The Morgan fingerprint density at radius 3 is 2.89 bits per heavy atom. The molecule has 0 aliphatic heterocycles. The molecular weight excluding hydrogens is 254 g/mol. The van der Waals surface area contributed by atoms with Gasteiger partial charge in [0.15, 0.2) is 0 Å². The van der Waals surface area contributed by atoms with E-state index in [0.717, 1.165) is 0 Å². The molecular formula is C12H14ClN3O2. The van der Waals surface area contributed by atoms with Gasteiger partial charge in [-0.1, -0.05) is 22.9 Å². The molecule has 2 aromatic rings. The molecule has 0 spiro atoms. The van der Waals surface area contributed by atoms with Crippen LogP contribution in [-0.2, 0) is 6.54 Å². The van der Waals surface area contributed by atoms with Crippen molar-refractivity contribution in [3.63, 3.8) is 0 Å². The number of hydrogen-bond acceptors (Lipinski definition) is 4. The molecule has 1 heterocycles. The Hall–Kier alpha value is -1.59. The second-order valence-electron chi connectivity index (χ2n) is 3.77. The lowest BCUT2D eigenvalue weighted by atomic mass is 10.1. The average Bonchev–Trinajstić information content (AvgIpc) is 2.86. The van der Waals surface area contributed by atoms with Crippen LogP contribution in [0.3, 0.4) is 0 Å². The van der Waals surface area contributed by atoms with Gasteiger partial charge in [0.05, 0.1) is 24.0 Å². The molecule has 0 aliphatic rings. The van der Waals surface area contributed by atoms with E-state index in [4.69, 9.17) is 16.3 Å². The zero-order chi connectivity index (χ0) is 13.1. The van der Waals surface area contributed by atoms with Crippen molar-refractivity contribution >= 4 is 11.6 Å². The first-order chi connectivity index (χ1) is 8.67. The zero-order valence-electron chi connectivity index (χ0n) is 10.2.